The highest BCUT2D eigenvalue weighted by atomic mass is 16.5. The molecule has 2 N–H and O–H groups in total. The summed E-state index contributed by atoms with van der Waals surface area (Å²) in [5.41, 5.74) is 6.51. The molecule has 0 heterocycles. The van der Waals surface area contributed by atoms with Gasteiger partial charge in [0.05, 0.1) is 17.4 Å². The zero-order chi connectivity index (χ0) is 16.7. The summed E-state index contributed by atoms with van der Waals surface area (Å²) in [6, 6.07) is 4.63. The monoisotopic (exact) mass is 308 g/mol. The van der Waals surface area contributed by atoms with Crippen LogP contribution in [-0.4, -0.2) is 42.6 Å². The number of likely N-dealkylation sites (N-methyl/N-ethyl adjacent to an activating group) is 1. The number of carbonyl (C=O) groups excluding carboxylic acids is 2. The van der Waals surface area contributed by atoms with Gasteiger partial charge in [0.25, 0.3) is 5.91 Å². The van der Waals surface area contributed by atoms with Gasteiger partial charge >= 0.3 is 5.97 Å². The average Bonchev–Trinajstić information content (AvgIpc) is 2.46. The van der Waals surface area contributed by atoms with Crippen molar-refractivity contribution in [1.29, 1.82) is 0 Å². The minimum atomic E-state index is -0.438. The molecule has 1 aromatic carbocycles. The molecule has 0 unspecified atom stereocenters. The minimum absolute atomic E-state index is 0.0817. The van der Waals surface area contributed by atoms with Crippen LogP contribution in [0.2, 0.25) is 0 Å². The number of nitrogens with zero attached hydrogens (tertiary/aromatic N) is 1. The summed E-state index contributed by atoms with van der Waals surface area (Å²) in [7, 11) is 0. The van der Waals surface area contributed by atoms with Crippen molar-refractivity contribution in [3.05, 3.63) is 23.8 Å². The summed E-state index contributed by atoms with van der Waals surface area (Å²) >= 11 is 0. The Labute approximate surface area is 131 Å². The fraction of sp³-hybridized carbons (Fsp3) is 0.500. The Balaban J connectivity index is 2.70. The highest BCUT2D eigenvalue weighted by Crippen LogP contribution is 2.23. The summed E-state index contributed by atoms with van der Waals surface area (Å²) in [5, 5.41) is 0. The van der Waals surface area contributed by atoms with E-state index < -0.39 is 5.97 Å². The van der Waals surface area contributed by atoms with Crippen molar-refractivity contribution in [3.8, 4) is 5.75 Å². The molecule has 22 heavy (non-hydrogen) atoms. The lowest BCUT2D eigenvalue weighted by molar-refractivity contribution is -0.132. The number of hydrogen-bond acceptors (Lipinski definition) is 5. The van der Waals surface area contributed by atoms with Crippen molar-refractivity contribution in [1.82, 2.24) is 4.90 Å². The molecule has 6 heteroatoms. The summed E-state index contributed by atoms with van der Waals surface area (Å²) < 4.78 is 10.5. The van der Waals surface area contributed by atoms with Gasteiger partial charge in [-0.05, 0) is 45.9 Å². The van der Waals surface area contributed by atoms with E-state index >= 15 is 0 Å². The average molecular weight is 308 g/mol. The van der Waals surface area contributed by atoms with Gasteiger partial charge in [-0.25, -0.2) is 4.79 Å². The van der Waals surface area contributed by atoms with Crippen LogP contribution in [0.3, 0.4) is 0 Å². The molecule has 122 valence electrons. The topological polar surface area (TPSA) is 81.9 Å². The van der Waals surface area contributed by atoms with Gasteiger partial charge in [-0.3, -0.25) is 4.79 Å². The number of esters is 1. The van der Waals surface area contributed by atoms with Gasteiger partial charge in [-0.1, -0.05) is 0 Å². The van der Waals surface area contributed by atoms with E-state index in [9.17, 15) is 9.59 Å². The molecule has 0 aliphatic carbocycles. The Hall–Kier alpha value is -2.24. The summed E-state index contributed by atoms with van der Waals surface area (Å²) in [6.07, 6.45) is -0.198. The van der Waals surface area contributed by atoms with E-state index in [1.807, 2.05) is 13.8 Å². The molecule has 1 rings (SSSR count). The van der Waals surface area contributed by atoms with E-state index in [-0.39, 0.29) is 18.6 Å². The molecule has 0 aliphatic heterocycles. The molecule has 0 bridgehead atoms. The SMILES string of the molecule is CCN(CC)C(=O)COc1ccc(C(=O)OC(C)C)cc1N. The fourth-order valence-corrected chi connectivity index (χ4v) is 1.90. The second-order valence-corrected chi connectivity index (χ2v) is 5.06. The third kappa shape index (κ3) is 4.95. The number of amides is 1. The molecule has 0 aromatic heterocycles. The van der Waals surface area contributed by atoms with Crippen LogP contribution in [0.4, 0.5) is 5.69 Å². The largest absolute Gasteiger partial charge is 0.482 e. The highest BCUT2D eigenvalue weighted by Gasteiger charge is 2.14. The number of carbonyl (C=O) groups is 2. The summed E-state index contributed by atoms with van der Waals surface area (Å²) in [6.45, 7) is 8.55. The smallest absolute Gasteiger partial charge is 0.338 e. The third-order valence-electron chi connectivity index (χ3n) is 3.06. The molecule has 0 spiro atoms. The predicted octanol–water partition coefficient (Wildman–Crippen LogP) is 2.08. The van der Waals surface area contributed by atoms with Crippen LogP contribution in [-0.2, 0) is 9.53 Å². The van der Waals surface area contributed by atoms with Crippen LogP contribution in [0, 0.1) is 0 Å². The lowest BCUT2D eigenvalue weighted by Gasteiger charge is -2.19. The lowest BCUT2D eigenvalue weighted by Crippen LogP contribution is -2.34. The van der Waals surface area contributed by atoms with E-state index in [2.05, 4.69) is 0 Å². The molecule has 0 aliphatic rings. The first-order valence-electron chi connectivity index (χ1n) is 7.40. The maximum absolute atomic E-state index is 11.9. The van der Waals surface area contributed by atoms with Crippen molar-refractivity contribution >= 4 is 17.6 Å². The lowest BCUT2D eigenvalue weighted by atomic mass is 10.2. The van der Waals surface area contributed by atoms with E-state index in [0.29, 0.717) is 30.1 Å². The molecule has 1 aromatic rings. The normalized spacial score (nSPS) is 10.4. The Morgan fingerprint density at radius 1 is 1.23 bits per heavy atom. The first-order valence-corrected chi connectivity index (χ1v) is 7.40. The number of hydrogen-bond donors (Lipinski definition) is 1. The van der Waals surface area contributed by atoms with Gasteiger partial charge < -0.3 is 20.1 Å². The number of ether oxygens (including phenoxy) is 2. The molecule has 1 amide bonds. The maximum Gasteiger partial charge on any atom is 0.338 e. The van der Waals surface area contributed by atoms with Gasteiger partial charge in [0.15, 0.2) is 6.61 Å². The van der Waals surface area contributed by atoms with Crippen molar-refractivity contribution in [2.45, 2.75) is 33.8 Å². The van der Waals surface area contributed by atoms with E-state index in [0.717, 1.165) is 0 Å². The van der Waals surface area contributed by atoms with Crippen molar-refractivity contribution < 1.29 is 19.1 Å². The van der Waals surface area contributed by atoms with Crippen LogP contribution >= 0.6 is 0 Å². The Morgan fingerprint density at radius 2 is 1.86 bits per heavy atom. The van der Waals surface area contributed by atoms with Crippen LogP contribution in [0.5, 0.6) is 5.75 Å². The molecule has 0 fully saturated rings. The molecule has 0 radical (unpaired) electrons. The Kier molecular flexibility index (Phi) is 6.69. The predicted molar refractivity (Wildman–Crippen MR) is 84.8 cm³/mol. The second-order valence-electron chi connectivity index (χ2n) is 5.06. The third-order valence-corrected chi connectivity index (χ3v) is 3.06. The number of anilines is 1. The maximum atomic E-state index is 11.9. The summed E-state index contributed by atoms with van der Waals surface area (Å²) in [4.78, 5) is 25.3. The molecule has 0 saturated carbocycles. The van der Waals surface area contributed by atoms with Crippen molar-refractivity contribution in [2.24, 2.45) is 0 Å². The Bertz CT molecular complexity index is 525. The van der Waals surface area contributed by atoms with Crippen LogP contribution in [0.15, 0.2) is 18.2 Å². The van der Waals surface area contributed by atoms with Gasteiger partial charge in [0.1, 0.15) is 5.75 Å². The van der Waals surface area contributed by atoms with Crippen LogP contribution in [0.1, 0.15) is 38.1 Å². The van der Waals surface area contributed by atoms with Gasteiger partial charge in [-0.2, -0.15) is 0 Å². The number of rotatable bonds is 7. The van der Waals surface area contributed by atoms with E-state index in [4.69, 9.17) is 15.2 Å². The zero-order valence-corrected chi connectivity index (χ0v) is 13.6. The summed E-state index contributed by atoms with van der Waals surface area (Å²) in [5.74, 6) is -0.165. The quantitative estimate of drug-likeness (QED) is 0.616. The standard InChI is InChI=1S/C16H24N2O4/c1-5-18(6-2)15(19)10-21-14-8-7-12(9-13(14)17)16(20)22-11(3)4/h7-9,11H,5-6,10,17H2,1-4H3. The second kappa shape index (κ2) is 8.26. The Morgan fingerprint density at radius 3 is 2.36 bits per heavy atom. The first-order chi connectivity index (χ1) is 10.4. The fourth-order valence-electron chi connectivity index (χ4n) is 1.90. The number of nitrogen functional groups attached to an aromatic ring is 1. The van der Waals surface area contributed by atoms with Crippen LogP contribution < -0.4 is 10.5 Å². The highest BCUT2D eigenvalue weighted by molar-refractivity contribution is 5.91. The zero-order valence-electron chi connectivity index (χ0n) is 13.6. The number of nitrogens with two attached hydrogens (primary N) is 1. The molecule has 0 saturated heterocycles. The molecular weight excluding hydrogens is 284 g/mol. The number of benzene rings is 1. The van der Waals surface area contributed by atoms with E-state index in [1.165, 1.54) is 6.07 Å². The molecular formula is C16H24N2O4. The van der Waals surface area contributed by atoms with Gasteiger partial charge in [0, 0.05) is 13.1 Å². The van der Waals surface area contributed by atoms with Gasteiger partial charge in [0.2, 0.25) is 0 Å². The van der Waals surface area contributed by atoms with Gasteiger partial charge in [-0.15, -0.1) is 0 Å². The van der Waals surface area contributed by atoms with E-state index in [1.54, 1.807) is 30.9 Å². The van der Waals surface area contributed by atoms with Crippen molar-refractivity contribution in [2.75, 3.05) is 25.4 Å². The molecule has 6 nitrogen and oxygen atoms in total. The minimum Gasteiger partial charge on any atom is -0.482 e. The first kappa shape index (κ1) is 17.8. The van der Waals surface area contributed by atoms with Crippen molar-refractivity contribution in [3.63, 3.8) is 0 Å². The van der Waals surface area contributed by atoms with Crippen LogP contribution in [0.25, 0.3) is 0 Å². The molecule has 0 atom stereocenters.